The molecule has 0 bridgehead atoms. The minimum Gasteiger partial charge on any atom is -0.380 e. The smallest absolute Gasteiger partial charge is 0.220 e. The summed E-state index contributed by atoms with van der Waals surface area (Å²) < 4.78 is 5.19. The molecule has 3 heteroatoms. The van der Waals surface area contributed by atoms with Crippen LogP contribution >= 0.6 is 0 Å². The van der Waals surface area contributed by atoms with Crippen molar-refractivity contribution in [3.63, 3.8) is 0 Å². The molecule has 0 aromatic carbocycles. The van der Waals surface area contributed by atoms with E-state index in [9.17, 15) is 4.79 Å². The molecular formula is C22H43NO2. The van der Waals surface area contributed by atoms with Crippen molar-refractivity contribution in [1.82, 2.24) is 5.32 Å². The maximum absolute atomic E-state index is 11.6. The molecular weight excluding hydrogens is 310 g/mol. The summed E-state index contributed by atoms with van der Waals surface area (Å²) in [5, 5.41) is 2.89. The van der Waals surface area contributed by atoms with Crippen LogP contribution in [0.25, 0.3) is 0 Å². The zero-order chi connectivity index (χ0) is 18.4. The Balaban J connectivity index is 3.17. The average molecular weight is 354 g/mol. The molecule has 0 rings (SSSR count). The first-order valence-electron chi connectivity index (χ1n) is 10.8. The Hall–Kier alpha value is -0.830. The minimum atomic E-state index is 0.164. The molecule has 0 aromatic heterocycles. The zero-order valence-corrected chi connectivity index (χ0v) is 17.0. The van der Waals surface area contributed by atoms with Crippen molar-refractivity contribution >= 4 is 5.91 Å². The summed E-state index contributed by atoms with van der Waals surface area (Å²) >= 11 is 0. The van der Waals surface area contributed by atoms with Crippen molar-refractivity contribution in [3.05, 3.63) is 12.2 Å². The van der Waals surface area contributed by atoms with Crippen molar-refractivity contribution in [1.29, 1.82) is 0 Å². The van der Waals surface area contributed by atoms with E-state index in [1.54, 1.807) is 0 Å². The Morgan fingerprint density at radius 1 is 0.800 bits per heavy atom. The number of hydrogen-bond donors (Lipinski definition) is 1. The van der Waals surface area contributed by atoms with Crippen LogP contribution in [0.3, 0.4) is 0 Å². The Morgan fingerprint density at radius 2 is 1.36 bits per heavy atom. The van der Waals surface area contributed by atoms with Gasteiger partial charge in [-0.15, -0.1) is 0 Å². The molecule has 3 nitrogen and oxygen atoms in total. The number of ether oxygens (including phenoxy) is 1. The Labute approximate surface area is 157 Å². The average Bonchev–Trinajstić information content (AvgIpc) is 2.62. The number of carbonyl (C=O) groups excluding carboxylic acids is 1. The fraction of sp³-hybridized carbons (Fsp3) is 0.864. The minimum absolute atomic E-state index is 0.164. The van der Waals surface area contributed by atoms with Gasteiger partial charge in [0.1, 0.15) is 0 Å². The third-order valence-electron chi connectivity index (χ3n) is 4.44. The number of nitrogens with one attached hydrogen (secondary N) is 1. The number of carbonyl (C=O) groups is 1. The van der Waals surface area contributed by atoms with E-state index in [4.69, 9.17) is 4.74 Å². The number of amides is 1. The maximum atomic E-state index is 11.6. The molecule has 0 aliphatic carbocycles. The van der Waals surface area contributed by atoms with E-state index in [-0.39, 0.29) is 5.91 Å². The lowest BCUT2D eigenvalue weighted by molar-refractivity contribution is -0.121. The number of allylic oxidation sites excluding steroid dienone is 2. The van der Waals surface area contributed by atoms with Gasteiger partial charge in [-0.2, -0.15) is 0 Å². The summed E-state index contributed by atoms with van der Waals surface area (Å²) in [6.07, 6.45) is 22.1. The van der Waals surface area contributed by atoms with Crippen LogP contribution < -0.4 is 5.32 Å². The van der Waals surface area contributed by atoms with Crippen molar-refractivity contribution < 1.29 is 9.53 Å². The van der Waals surface area contributed by atoms with E-state index in [1.807, 2.05) is 6.92 Å². The molecule has 0 saturated carbocycles. The Morgan fingerprint density at radius 3 is 1.96 bits per heavy atom. The standard InChI is InChI=1S/C22H43NO2/c1-3-5-6-7-8-9-10-11-12-13-14-15-16-17-18-19-22(24)23-20-21-25-4-2/h11-12H,3-10,13-21H2,1-2H3,(H,23,24)/b12-11-. The SMILES string of the molecule is CCCCCCCC/C=C\CCCCCCCC(=O)NCCOCC. The van der Waals surface area contributed by atoms with Gasteiger partial charge in [-0.1, -0.05) is 70.4 Å². The van der Waals surface area contributed by atoms with Gasteiger partial charge >= 0.3 is 0 Å². The van der Waals surface area contributed by atoms with Crippen LogP contribution in [0.4, 0.5) is 0 Å². The summed E-state index contributed by atoms with van der Waals surface area (Å²) in [7, 11) is 0. The van der Waals surface area contributed by atoms with Gasteiger partial charge < -0.3 is 10.1 Å². The quantitative estimate of drug-likeness (QED) is 0.222. The van der Waals surface area contributed by atoms with Gasteiger partial charge in [-0.05, 0) is 39.0 Å². The molecule has 0 fully saturated rings. The zero-order valence-electron chi connectivity index (χ0n) is 17.0. The largest absolute Gasteiger partial charge is 0.380 e. The van der Waals surface area contributed by atoms with Gasteiger partial charge in [0.2, 0.25) is 5.91 Å². The van der Waals surface area contributed by atoms with Crippen LogP contribution in [0.15, 0.2) is 12.2 Å². The van der Waals surface area contributed by atoms with Crippen LogP contribution in [-0.4, -0.2) is 25.7 Å². The molecule has 0 atom stereocenters. The lowest BCUT2D eigenvalue weighted by Gasteiger charge is -2.05. The topological polar surface area (TPSA) is 38.3 Å². The molecule has 0 saturated heterocycles. The second-order valence-corrected chi connectivity index (χ2v) is 6.88. The maximum Gasteiger partial charge on any atom is 0.220 e. The van der Waals surface area contributed by atoms with E-state index in [2.05, 4.69) is 24.4 Å². The van der Waals surface area contributed by atoms with E-state index < -0.39 is 0 Å². The molecule has 0 aliphatic rings. The van der Waals surface area contributed by atoms with Gasteiger partial charge in [0.15, 0.2) is 0 Å². The molecule has 0 aliphatic heterocycles. The Kier molecular flexibility index (Phi) is 20.5. The second-order valence-electron chi connectivity index (χ2n) is 6.88. The van der Waals surface area contributed by atoms with Gasteiger partial charge in [0.25, 0.3) is 0 Å². The fourth-order valence-electron chi connectivity index (χ4n) is 2.85. The molecule has 0 radical (unpaired) electrons. The predicted octanol–water partition coefficient (Wildman–Crippen LogP) is 6.18. The summed E-state index contributed by atoms with van der Waals surface area (Å²) in [4.78, 5) is 11.6. The monoisotopic (exact) mass is 353 g/mol. The predicted molar refractivity (Wildman–Crippen MR) is 109 cm³/mol. The molecule has 0 unspecified atom stereocenters. The summed E-state index contributed by atoms with van der Waals surface area (Å²) in [5.41, 5.74) is 0. The third-order valence-corrected chi connectivity index (χ3v) is 4.44. The lowest BCUT2D eigenvalue weighted by Crippen LogP contribution is -2.26. The highest BCUT2D eigenvalue weighted by Crippen LogP contribution is 2.09. The highest BCUT2D eigenvalue weighted by molar-refractivity contribution is 5.75. The van der Waals surface area contributed by atoms with E-state index in [1.165, 1.54) is 77.0 Å². The normalized spacial score (nSPS) is 11.3. The van der Waals surface area contributed by atoms with Crippen LogP contribution in [0.1, 0.15) is 104 Å². The first-order chi connectivity index (χ1) is 12.3. The molecule has 1 amide bonds. The molecule has 0 spiro atoms. The van der Waals surface area contributed by atoms with Crippen LogP contribution in [0.2, 0.25) is 0 Å². The fourth-order valence-corrected chi connectivity index (χ4v) is 2.85. The van der Waals surface area contributed by atoms with Gasteiger partial charge in [-0.25, -0.2) is 0 Å². The highest BCUT2D eigenvalue weighted by atomic mass is 16.5. The molecule has 25 heavy (non-hydrogen) atoms. The van der Waals surface area contributed by atoms with Gasteiger partial charge in [0.05, 0.1) is 6.61 Å². The van der Waals surface area contributed by atoms with Crippen molar-refractivity contribution in [2.45, 2.75) is 104 Å². The molecule has 148 valence electrons. The van der Waals surface area contributed by atoms with Crippen LogP contribution in [0.5, 0.6) is 0 Å². The molecule has 0 heterocycles. The number of unbranched alkanes of at least 4 members (excludes halogenated alkanes) is 11. The van der Waals surface area contributed by atoms with Gasteiger partial charge in [0, 0.05) is 19.6 Å². The number of hydrogen-bond acceptors (Lipinski definition) is 2. The number of rotatable bonds is 19. The Bertz CT molecular complexity index is 302. The summed E-state index contributed by atoms with van der Waals surface area (Å²) in [6.45, 7) is 6.20. The van der Waals surface area contributed by atoms with E-state index in [0.29, 0.717) is 26.2 Å². The highest BCUT2D eigenvalue weighted by Gasteiger charge is 2.00. The summed E-state index contributed by atoms with van der Waals surface area (Å²) in [5.74, 6) is 0.164. The third kappa shape index (κ3) is 21.1. The van der Waals surface area contributed by atoms with Crippen LogP contribution in [-0.2, 0) is 9.53 Å². The van der Waals surface area contributed by atoms with Crippen molar-refractivity contribution in [2.75, 3.05) is 19.8 Å². The van der Waals surface area contributed by atoms with E-state index in [0.717, 1.165) is 6.42 Å². The molecule has 0 aromatic rings. The second kappa shape index (κ2) is 21.2. The first kappa shape index (κ1) is 24.2. The molecule has 1 N–H and O–H groups in total. The van der Waals surface area contributed by atoms with Gasteiger partial charge in [-0.3, -0.25) is 4.79 Å². The lowest BCUT2D eigenvalue weighted by atomic mass is 10.1. The van der Waals surface area contributed by atoms with Crippen molar-refractivity contribution in [2.24, 2.45) is 0 Å². The van der Waals surface area contributed by atoms with E-state index >= 15 is 0 Å². The first-order valence-corrected chi connectivity index (χ1v) is 10.8. The van der Waals surface area contributed by atoms with Crippen LogP contribution in [0, 0.1) is 0 Å². The van der Waals surface area contributed by atoms with Crippen molar-refractivity contribution in [3.8, 4) is 0 Å². The summed E-state index contributed by atoms with van der Waals surface area (Å²) in [6, 6.07) is 0.